The van der Waals surface area contributed by atoms with Gasteiger partial charge in [-0.2, -0.15) is 13.2 Å². The Labute approximate surface area is 168 Å². The van der Waals surface area contributed by atoms with Crippen LogP contribution in [0.15, 0.2) is 60.7 Å². The third-order valence-corrected chi connectivity index (χ3v) is 6.48. The largest absolute Gasteiger partial charge is 0.394 e. The van der Waals surface area contributed by atoms with Gasteiger partial charge in [-0.15, -0.1) is 0 Å². The van der Waals surface area contributed by atoms with Gasteiger partial charge in [-0.05, 0) is 36.8 Å². The van der Waals surface area contributed by atoms with Gasteiger partial charge in [0.15, 0.2) is 0 Å². The summed E-state index contributed by atoms with van der Waals surface area (Å²) in [6.45, 7) is 2.74. The molecule has 3 nitrogen and oxygen atoms in total. The van der Waals surface area contributed by atoms with Crippen molar-refractivity contribution in [2.45, 2.75) is 37.4 Å². The van der Waals surface area contributed by atoms with E-state index in [1.54, 1.807) is 0 Å². The number of carbonyl (C=O) groups excluding carboxylic acids is 1. The van der Waals surface area contributed by atoms with Crippen LogP contribution in [-0.2, 0) is 5.41 Å². The lowest BCUT2D eigenvalue weighted by Gasteiger charge is -2.33. The molecule has 29 heavy (non-hydrogen) atoms. The van der Waals surface area contributed by atoms with Crippen LogP contribution in [-0.4, -0.2) is 36.2 Å². The number of urea groups is 1. The molecular formula is C23H25F3N2O. The number of carbonyl (C=O) groups is 1. The van der Waals surface area contributed by atoms with Crippen molar-refractivity contribution in [3.63, 3.8) is 0 Å². The smallest absolute Gasteiger partial charge is 0.337 e. The highest BCUT2D eigenvalue weighted by Gasteiger charge is 2.67. The zero-order chi connectivity index (χ0) is 20.6. The van der Waals surface area contributed by atoms with Crippen molar-refractivity contribution < 1.29 is 18.0 Å². The lowest BCUT2D eigenvalue weighted by Crippen LogP contribution is -2.48. The average Bonchev–Trinajstić information content (AvgIpc) is 3.48. The maximum Gasteiger partial charge on any atom is 0.394 e. The number of fused-ring (bicyclic) bond motifs is 1. The molecular weight excluding hydrogens is 377 g/mol. The van der Waals surface area contributed by atoms with Gasteiger partial charge in [0.05, 0.1) is 5.92 Å². The summed E-state index contributed by atoms with van der Waals surface area (Å²) >= 11 is 0. The monoisotopic (exact) mass is 402 g/mol. The number of amides is 2. The number of nitrogens with zero attached hydrogens (tertiary/aromatic N) is 1. The number of hydrogen-bond acceptors (Lipinski definition) is 1. The van der Waals surface area contributed by atoms with E-state index in [0.29, 0.717) is 25.9 Å². The molecule has 1 saturated heterocycles. The fourth-order valence-electron chi connectivity index (χ4n) is 4.79. The molecule has 2 fully saturated rings. The summed E-state index contributed by atoms with van der Waals surface area (Å²) in [5, 5.41) is 2.94. The third kappa shape index (κ3) is 3.72. The number of alkyl halides is 3. The second-order valence-corrected chi connectivity index (χ2v) is 8.28. The normalized spacial score (nSPS) is 24.0. The van der Waals surface area contributed by atoms with Crippen molar-refractivity contribution >= 4 is 6.03 Å². The van der Waals surface area contributed by atoms with E-state index >= 15 is 0 Å². The van der Waals surface area contributed by atoms with Crippen molar-refractivity contribution in [1.82, 2.24) is 10.2 Å². The van der Waals surface area contributed by atoms with Gasteiger partial charge < -0.3 is 10.2 Å². The standard InChI is InChI=1S/C23H25F3N2O/c1-22(16-9-4-2-5-10-16,17-11-6-3-7-12-17)15-27-21(29)28-14-8-13-18-19(20(18)28)23(24,25)26/h2-7,9-12,18-20H,8,13-15H2,1H3,(H,27,29). The van der Waals surface area contributed by atoms with Crippen LogP contribution in [0.25, 0.3) is 0 Å². The lowest BCUT2D eigenvalue weighted by atomic mass is 9.76. The predicted octanol–water partition coefficient (Wildman–Crippen LogP) is 4.97. The highest BCUT2D eigenvalue weighted by molar-refractivity contribution is 5.75. The Morgan fingerprint density at radius 3 is 2.10 bits per heavy atom. The zero-order valence-electron chi connectivity index (χ0n) is 16.3. The van der Waals surface area contributed by atoms with Gasteiger partial charge in [0.2, 0.25) is 0 Å². The van der Waals surface area contributed by atoms with E-state index in [2.05, 4.69) is 5.32 Å². The van der Waals surface area contributed by atoms with Crippen LogP contribution < -0.4 is 5.32 Å². The zero-order valence-corrected chi connectivity index (χ0v) is 16.3. The van der Waals surface area contributed by atoms with Gasteiger partial charge in [0.25, 0.3) is 0 Å². The van der Waals surface area contributed by atoms with Crippen molar-refractivity contribution in [3.05, 3.63) is 71.8 Å². The lowest BCUT2D eigenvalue weighted by molar-refractivity contribution is -0.153. The molecule has 1 saturated carbocycles. The molecule has 0 radical (unpaired) electrons. The van der Waals surface area contributed by atoms with Crippen LogP contribution in [0.1, 0.15) is 30.9 Å². The van der Waals surface area contributed by atoms with E-state index in [0.717, 1.165) is 11.1 Å². The number of nitrogens with one attached hydrogen (secondary N) is 1. The fourth-order valence-corrected chi connectivity index (χ4v) is 4.79. The summed E-state index contributed by atoms with van der Waals surface area (Å²) in [7, 11) is 0. The highest BCUT2D eigenvalue weighted by Crippen LogP contribution is 2.57. The van der Waals surface area contributed by atoms with Crippen LogP contribution in [0.2, 0.25) is 0 Å². The Bertz CT molecular complexity index is 814. The molecule has 0 spiro atoms. The van der Waals surface area contributed by atoms with Crippen molar-refractivity contribution in [2.75, 3.05) is 13.1 Å². The Hall–Kier alpha value is -2.50. The number of likely N-dealkylation sites (tertiary alicyclic amines) is 1. The van der Waals surface area contributed by atoms with Crippen LogP contribution in [0.5, 0.6) is 0 Å². The minimum Gasteiger partial charge on any atom is -0.337 e. The van der Waals surface area contributed by atoms with Crippen LogP contribution in [0, 0.1) is 11.8 Å². The maximum absolute atomic E-state index is 13.2. The Morgan fingerprint density at radius 1 is 1.03 bits per heavy atom. The summed E-state index contributed by atoms with van der Waals surface area (Å²) in [5.41, 5.74) is 1.60. The SMILES string of the molecule is CC(CNC(=O)N1CCCC2C1C2C(F)(F)F)(c1ccccc1)c1ccccc1. The first-order valence-corrected chi connectivity index (χ1v) is 10.0. The first-order chi connectivity index (χ1) is 13.8. The van der Waals surface area contributed by atoms with E-state index in [1.165, 1.54) is 4.90 Å². The quantitative estimate of drug-likeness (QED) is 0.769. The topological polar surface area (TPSA) is 32.3 Å². The summed E-state index contributed by atoms with van der Waals surface area (Å²) in [4.78, 5) is 14.3. The molecule has 0 bridgehead atoms. The first-order valence-electron chi connectivity index (χ1n) is 10.0. The van der Waals surface area contributed by atoms with E-state index in [9.17, 15) is 18.0 Å². The molecule has 2 aromatic rings. The third-order valence-electron chi connectivity index (χ3n) is 6.48. The molecule has 4 rings (SSSR count). The number of benzene rings is 2. The molecule has 1 aliphatic carbocycles. The minimum absolute atomic E-state index is 0.310. The molecule has 6 heteroatoms. The van der Waals surface area contributed by atoms with Gasteiger partial charge in [-0.25, -0.2) is 4.79 Å². The summed E-state index contributed by atoms with van der Waals surface area (Å²) in [5.74, 6) is -1.81. The molecule has 2 amide bonds. The molecule has 2 aromatic carbocycles. The Morgan fingerprint density at radius 2 is 1.59 bits per heavy atom. The number of halogens is 3. The second kappa shape index (κ2) is 7.39. The molecule has 3 unspecified atom stereocenters. The Balaban J connectivity index is 1.52. The fraction of sp³-hybridized carbons (Fsp3) is 0.435. The summed E-state index contributed by atoms with van der Waals surface area (Å²) in [6.07, 6.45) is -3.07. The summed E-state index contributed by atoms with van der Waals surface area (Å²) < 4.78 is 39.7. The molecule has 2 aliphatic rings. The van der Waals surface area contributed by atoms with Crippen molar-refractivity contribution in [1.29, 1.82) is 0 Å². The molecule has 1 heterocycles. The second-order valence-electron chi connectivity index (χ2n) is 8.28. The van der Waals surface area contributed by atoms with E-state index in [1.807, 2.05) is 67.6 Å². The summed E-state index contributed by atoms with van der Waals surface area (Å²) in [6, 6.07) is 18.6. The number of rotatable bonds is 4. The van der Waals surface area contributed by atoms with Crippen LogP contribution in [0.4, 0.5) is 18.0 Å². The van der Waals surface area contributed by atoms with Crippen molar-refractivity contribution in [2.24, 2.45) is 11.8 Å². The molecule has 154 valence electrons. The van der Waals surface area contributed by atoms with E-state index in [4.69, 9.17) is 0 Å². The Kier molecular flexibility index (Phi) is 5.05. The molecule has 3 atom stereocenters. The number of hydrogen-bond donors (Lipinski definition) is 1. The predicted molar refractivity (Wildman–Crippen MR) is 105 cm³/mol. The maximum atomic E-state index is 13.2. The molecule has 1 N–H and O–H groups in total. The van der Waals surface area contributed by atoms with Gasteiger partial charge in [0, 0.05) is 24.5 Å². The van der Waals surface area contributed by atoms with E-state index < -0.39 is 35.5 Å². The van der Waals surface area contributed by atoms with Crippen LogP contribution in [0.3, 0.4) is 0 Å². The first kappa shape index (κ1) is 19.8. The highest BCUT2D eigenvalue weighted by atomic mass is 19.4. The van der Waals surface area contributed by atoms with Gasteiger partial charge in [-0.3, -0.25) is 0 Å². The number of piperidine rings is 1. The van der Waals surface area contributed by atoms with Gasteiger partial charge in [-0.1, -0.05) is 60.7 Å². The molecule has 1 aliphatic heterocycles. The van der Waals surface area contributed by atoms with Gasteiger partial charge >= 0.3 is 12.2 Å². The average molecular weight is 402 g/mol. The van der Waals surface area contributed by atoms with Crippen LogP contribution >= 0.6 is 0 Å². The molecule has 0 aromatic heterocycles. The van der Waals surface area contributed by atoms with Crippen molar-refractivity contribution in [3.8, 4) is 0 Å². The van der Waals surface area contributed by atoms with Gasteiger partial charge in [0.1, 0.15) is 0 Å². The van der Waals surface area contributed by atoms with E-state index in [-0.39, 0.29) is 0 Å². The minimum atomic E-state index is -4.24.